The van der Waals surface area contributed by atoms with Gasteiger partial charge in [-0.15, -0.1) is 10.2 Å². The van der Waals surface area contributed by atoms with E-state index in [0.717, 1.165) is 48.9 Å². The Balaban J connectivity index is 1.46. The predicted molar refractivity (Wildman–Crippen MR) is 118 cm³/mol. The zero-order chi connectivity index (χ0) is 21.5. The van der Waals surface area contributed by atoms with Gasteiger partial charge < -0.3 is 14.8 Å². The summed E-state index contributed by atoms with van der Waals surface area (Å²) in [5, 5.41) is 12.5. The first kappa shape index (κ1) is 22.3. The maximum absolute atomic E-state index is 12.4. The molecule has 3 rings (SSSR count). The van der Waals surface area contributed by atoms with Gasteiger partial charge in [0.2, 0.25) is 5.91 Å². The average Bonchev–Trinajstić information content (AvgIpc) is 3.31. The molecule has 0 radical (unpaired) electrons. The van der Waals surface area contributed by atoms with Crippen LogP contribution in [0.5, 0.6) is 0 Å². The van der Waals surface area contributed by atoms with Gasteiger partial charge in [-0.3, -0.25) is 9.59 Å². The van der Waals surface area contributed by atoms with Crippen molar-refractivity contribution in [2.24, 2.45) is 5.92 Å². The summed E-state index contributed by atoms with van der Waals surface area (Å²) in [6.07, 6.45) is 5.19. The van der Waals surface area contributed by atoms with Crippen molar-refractivity contribution in [2.45, 2.75) is 57.8 Å². The first-order valence-electron chi connectivity index (χ1n) is 10.6. The zero-order valence-electron chi connectivity index (χ0n) is 18.1. The summed E-state index contributed by atoms with van der Waals surface area (Å²) in [5.41, 5.74) is 1.69. The lowest BCUT2D eigenvalue weighted by molar-refractivity contribution is -0.128. The number of amides is 2. The smallest absolute Gasteiger partial charge is 0.251 e. The molecule has 1 fully saturated rings. The lowest BCUT2D eigenvalue weighted by Crippen LogP contribution is -2.25. The SMILES string of the molecule is CSc1nnc(CCCNC(=O)c2ccc(CN3CCCC3=O)cc2)n1CC(C)C. The quantitative estimate of drug-likeness (QED) is 0.464. The second-order valence-corrected chi connectivity index (χ2v) is 8.86. The van der Waals surface area contributed by atoms with Gasteiger partial charge in [0.15, 0.2) is 5.16 Å². The largest absolute Gasteiger partial charge is 0.352 e. The van der Waals surface area contributed by atoms with Crippen molar-refractivity contribution in [2.75, 3.05) is 19.3 Å². The van der Waals surface area contributed by atoms with Crippen LogP contribution in [0.4, 0.5) is 0 Å². The number of carbonyl (C=O) groups is 2. The van der Waals surface area contributed by atoms with E-state index in [1.165, 1.54) is 0 Å². The number of benzene rings is 1. The summed E-state index contributed by atoms with van der Waals surface area (Å²) in [4.78, 5) is 26.0. The molecule has 30 heavy (non-hydrogen) atoms. The number of nitrogens with one attached hydrogen (secondary N) is 1. The van der Waals surface area contributed by atoms with E-state index in [1.807, 2.05) is 35.4 Å². The van der Waals surface area contributed by atoms with Crippen molar-refractivity contribution in [3.8, 4) is 0 Å². The monoisotopic (exact) mass is 429 g/mol. The number of likely N-dealkylation sites (tertiary alicyclic amines) is 1. The number of nitrogens with zero attached hydrogens (tertiary/aromatic N) is 4. The fraction of sp³-hybridized carbons (Fsp3) is 0.545. The molecular weight excluding hydrogens is 398 g/mol. The highest BCUT2D eigenvalue weighted by Gasteiger charge is 2.20. The molecular formula is C22H31N5O2S. The normalized spacial score (nSPS) is 14.0. The molecule has 162 valence electrons. The van der Waals surface area contributed by atoms with Crippen LogP contribution < -0.4 is 5.32 Å². The van der Waals surface area contributed by atoms with E-state index in [0.29, 0.717) is 31.0 Å². The van der Waals surface area contributed by atoms with E-state index in [-0.39, 0.29) is 11.8 Å². The average molecular weight is 430 g/mol. The van der Waals surface area contributed by atoms with Gasteiger partial charge in [0, 0.05) is 44.6 Å². The van der Waals surface area contributed by atoms with Crippen molar-refractivity contribution >= 4 is 23.6 Å². The third-order valence-electron chi connectivity index (χ3n) is 5.15. The molecule has 8 heteroatoms. The Bertz CT molecular complexity index is 863. The van der Waals surface area contributed by atoms with Gasteiger partial charge in [-0.25, -0.2) is 0 Å². The van der Waals surface area contributed by atoms with E-state index in [2.05, 4.69) is 33.9 Å². The van der Waals surface area contributed by atoms with Crippen LogP contribution in [-0.2, 0) is 24.3 Å². The number of carbonyl (C=O) groups excluding carboxylic acids is 2. The number of aromatic nitrogens is 3. The van der Waals surface area contributed by atoms with Crippen molar-refractivity contribution in [1.82, 2.24) is 25.0 Å². The molecule has 0 bridgehead atoms. The molecule has 1 N–H and O–H groups in total. The fourth-order valence-corrected chi connectivity index (χ4v) is 4.13. The van der Waals surface area contributed by atoms with Crippen molar-refractivity contribution in [1.29, 1.82) is 0 Å². The molecule has 1 saturated heterocycles. The number of hydrogen-bond donors (Lipinski definition) is 1. The maximum Gasteiger partial charge on any atom is 0.251 e. The number of thioether (sulfide) groups is 1. The van der Waals surface area contributed by atoms with Gasteiger partial charge >= 0.3 is 0 Å². The highest BCUT2D eigenvalue weighted by molar-refractivity contribution is 7.98. The number of hydrogen-bond acceptors (Lipinski definition) is 5. The Morgan fingerprint density at radius 3 is 2.63 bits per heavy atom. The van der Waals surface area contributed by atoms with Crippen LogP contribution in [0.25, 0.3) is 0 Å². The molecule has 2 heterocycles. The van der Waals surface area contributed by atoms with Crippen LogP contribution in [0, 0.1) is 5.92 Å². The fourth-order valence-electron chi connectivity index (χ4n) is 3.61. The van der Waals surface area contributed by atoms with Crippen molar-refractivity contribution in [3.63, 3.8) is 0 Å². The van der Waals surface area contributed by atoms with E-state index in [1.54, 1.807) is 11.8 Å². The summed E-state index contributed by atoms with van der Waals surface area (Å²) in [7, 11) is 0. The van der Waals surface area contributed by atoms with Gasteiger partial charge in [-0.1, -0.05) is 37.7 Å². The van der Waals surface area contributed by atoms with E-state index >= 15 is 0 Å². The van der Waals surface area contributed by atoms with E-state index < -0.39 is 0 Å². The number of aryl methyl sites for hydroxylation is 1. The Hall–Kier alpha value is -2.35. The molecule has 2 aromatic rings. The van der Waals surface area contributed by atoms with Crippen molar-refractivity contribution < 1.29 is 9.59 Å². The minimum absolute atomic E-state index is 0.0766. The van der Waals surface area contributed by atoms with Gasteiger partial charge in [-0.05, 0) is 42.7 Å². The third kappa shape index (κ3) is 5.84. The summed E-state index contributed by atoms with van der Waals surface area (Å²) in [6.45, 7) is 7.30. The van der Waals surface area contributed by atoms with Crippen LogP contribution in [0.2, 0.25) is 0 Å². The summed E-state index contributed by atoms with van der Waals surface area (Å²) in [6, 6.07) is 7.52. The van der Waals surface area contributed by atoms with Crippen LogP contribution in [0.3, 0.4) is 0 Å². The van der Waals surface area contributed by atoms with Gasteiger partial charge in [-0.2, -0.15) is 0 Å². The maximum atomic E-state index is 12.4. The van der Waals surface area contributed by atoms with Crippen LogP contribution in [0.15, 0.2) is 29.4 Å². The standard InChI is InChI=1S/C22H31N5O2S/c1-16(2)14-27-19(24-25-22(27)30-3)6-4-12-23-21(29)18-10-8-17(9-11-18)15-26-13-5-7-20(26)28/h8-11,16H,4-7,12-15H2,1-3H3,(H,23,29). The summed E-state index contributed by atoms with van der Waals surface area (Å²) in [5.74, 6) is 1.64. The second-order valence-electron chi connectivity index (χ2n) is 8.08. The minimum Gasteiger partial charge on any atom is -0.352 e. The lowest BCUT2D eigenvalue weighted by Gasteiger charge is -2.15. The topological polar surface area (TPSA) is 80.1 Å². The molecule has 0 saturated carbocycles. The van der Waals surface area contributed by atoms with Gasteiger partial charge in [0.1, 0.15) is 5.82 Å². The molecule has 0 spiro atoms. The van der Waals surface area contributed by atoms with Crippen LogP contribution >= 0.6 is 11.8 Å². The summed E-state index contributed by atoms with van der Waals surface area (Å²) < 4.78 is 2.18. The van der Waals surface area contributed by atoms with E-state index in [4.69, 9.17) is 0 Å². The molecule has 1 aliphatic heterocycles. The Morgan fingerprint density at radius 1 is 1.23 bits per heavy atom. The molecule has 0 aliphatic carbocycles. The Kier molecular flexibility index (Phi) is 7.90. The zero-order valence-corrected chi connectivity index (χ0v) is 18.9. The highest BCUT2D eigenvalue weighted by atomic mass is 32.2. The van der Waals surface area contributed by atoms with Gasteiger partial charge in [0.05, 0.1) is 0 Å². The molecule has 0 atom stereocenters. The second kappa shape index (κ2) is 10.6. The van der Waals surface area contributed by atoms with Crippen LogP contribution in [-0.4, -0.2) is 50.8 Å². The van der Waals surface area contributed by atoms with Crippen LogP contribution in [0.1, 0.15) is 54.9 Å². The third-order valence-corrected chi connectivity index (χ3v) is 5.81. The van der Waals surface area contributed by atoms with Gasteiger partial charge in [0.25, 0.3) is 5.91 Å². The first-order chi connectivity index (χ1) is 14.5. The Labute approximate surface area is 182 Å². The molecule has 2 amide bonds. The van der Waals surface area contributed by atoms with E-state index in [9.17, 15) is 9.59 Å². The predicted octanol–water partition coefficient (Wildman–Crippen LogP) is 3.14. The molecule has 1 aliphatic rings. The molecule has 7 nitrogen and oxygen atoms in total. The first-order valence-corrected chi connectivity index (χ1v) is 11.8. The minimum atomic E-state index is -0.0766. The number of rotatable bonds is 10. The van der Waals surface area contributed by atoms with Crippen molar-refractivity contribution in [3.05, 3.63) is 41.2 Å². The summed E-state index contributed by atoms with van der Waals surface area (Å²) >= 11 is 1.61. The molecule has 0 unspecified atom stereocenters. The Morgan fingerprint density at radius 2 is 2.00 bits per heavy atom. The highest BCUT2D eigenvalue weighted by Crippen LogP contribution is 2.17. The molecule has 1 aromatic carbocycles. The lowest BCUT2D eigenvalue weighted by atomic mass is 10.1. The molecule has 1 aromatic heterocycles.